The topological polar surface area (TPSA) is 93.2 Å². The number of nitrogens with one attached hydrogen (secondary N) is 2. The number of hydrazine groups is 2. The van der Waals surface area contributed by atoms with Gasteiger partial charge in [-0.3, -0.25) is 16.1 Å². The Morgan fingerprint density at radius 1 is 1.57 bits per heavy atom. The summed E-state index contributed by atoms with van der Waals surface area (Å²) < 4.78 is 4.94. The standard InChI is InChI=1S/C8H14N4O2/c1-4(2)6-5(3)14-11-7(6)8(13)10-12-9/h4,12H,9H2,1-3H3,(H,10,13). The predicted molar refractivity (Wildman–Crippen MR) is 50.1 cm³/mol. The molecule has 0 spiro atoms. The van der Waals surface area contributed by atoms with Gasteiger partial charge in [-0.25, -0.2) is 0 Å². The molecular weight excluding hydrogens is 184 g/mol. The van der Waals surface area contributed by atoms with Gasteiger partial charge >= 0.3 is 0 Å². The van der Waals surface area contributed by atoms with Crippen LogP contribution in [0.25, 0.3) is 0 Å². The Morgan fingerprint density at radius 3 is 2.71 bits per heavy atom. The number of hydrogen-bond donors (Lipinski definition) is 3. The SMILES string of the molecule is Cc1onc(C(=O)NNN)c1C(C)C. The van der Waals surface area contributed by atoms with E-state index < -0.39 is 5.91 Å². The third-order valence-corrected chi connectivity index (χ3v) is 1.89. The summed E-state index contributed by atoms with van der Waals surface area (Å²) in [5.74, 6) is 5.40. The molecule has 0 aliphatic carbocycles. The minimum absolute atomic E-state index is 0.180. The zero-order valence-electron chi connectivity index (χ0n) is 8.42. The fourth-order valence-corrected chi connectivity index (χ4v) is 1.35. The van der Waals surface area contributed by atoms with E-state index >= 15 is 0 Å². The van der Waals surface area contributed by atoms with Gasteiger partial charge in [-0.1, -0.05) is 19.0 Å². The average molecular weight is 198 g/mol. The minimum atomic E-state index is -0.395. The van der Waals surface area contributed by atoms with Crippen molar-refractivity contribution in [1.82, 2.24) is 16.1 Å². The number of carbonyl (C=O) groups excluding carboxylic acids is 1. The molecule has 1 rings (SSSR count). The van der Waals surface area contributed by atoms with E-state index in [1.54, 1.807) is 6.92 Å². The van der Waals surface area contributed by atoms with Gasteiger partial charge in [-0.2, -0.15) is 5.53 Å². The van der Waals surface area contributed by atoms with E-state index in [-0.39, 0.29) is 11.6 Å². The fourth-order valence-electron chi connectivity index (χ4n) is 1.35. The molecular formula is C8H14N4O2. The molecule has 1 amide bonds. The number of aryl methyl sites for hydroxylation is 1. The molecule has 0 aromatic carbocycles. The van der Waals surface area contributed by atoms with E-state index in [2.05, 4.69) is 16.1 Å². The second-order valence-corrected chi connectivity index (χ2v) is 3.25. The van der Waals surface area contributed by atoms with Crippen molar-refractivity contribution in [1.29, 1.82) is 0 Å². The van der Waals surface area contributed by atoms with Crippen molar-refractivity contribution in [2.45, 2.75) is 26.7 Å². The number of nitrogens with zero attached hydrogens (tertiary/aromatic N) is 1. The Bertz CT molecular complexity index is 332. The Morgan fingerprint density at radius 2 is 2.21 bits per heavy atom. The van der Waals surface area contributed by atoms with Crippen LogP contribution >= 0.6 is 0 Å². The summed E-state index contributed by atoms with van der Waals surface area (Å²) >= 11 is 0. The van der Waals surface area contributed by atoms with Crippen LogP contribution in [0, 0.1) is 6.92 Å². The average Bonchev–Trinajstić information content (AvgIpc) is 2.47. The molecule has 0 radical (unpaired) electrons. The summed E-state index contributed by atoms with van der Waals surface area (Å²) in [5, 5.41) is 3.67. The van der Waals surface area contributed by atoms with Crippen LogP contribution in [-0.4, -0.2) is 11.1 Å². The van der Waals surface area contributed by atoms with Gasteiger partial charge in [0.1, 0.15) is 5.76 Å². The molecule has 78 valence electrons. The Balaban J connectivity index is 3.02. The maximum atomic E-state index is 11.4. The summed E-state index contributed by atoms with van der Waals surface area (Å²) in [6, 6.07) is 0. The van der Waals surface area contributed by atoms with Crippen molar-refractivity contribution >= 4 is 5.91 Å². The van der Waals surface area contributed by atoms with Crippen LogP contribution in [0.2, 0.25) is 0 Å². The van der Waals surface area contributed by atoms with Crippen molar-refractivity contribution in [2.75, 3.05) is 0 Å². The Hall–Kier alpha value is -1.40. The first kappa shape index (κ1) is 10.7. The Kier molecular flexibility index (Phi) is 3.21. The smallest absolute Gasteiger partial charge is 0.288 e. The number of aromatic nitrogens is 1. The summed E-state index contributed by atoms with van der Waals surface area (Å²) in [4.78, 5) is 11.4. The minimum Gasteiger partial charge on any atom is -0.361 e. The van der Waals surface area contributed by atoms with Crippen LogP contribution in [0.15, 0.2) is 4.52 Å². The fraction of sp³-hybridized carbons (Fsp3) is 0.500. The van der Waals surface area contributed by atoms with Crippen LogP contribution in [0.3, 0.4) is 0 Å². The molecule has 0 atom stereocenters. The van der Waals surface area contributed by atoms with Crippen LogP contribution in [-0.2, 0) is 0 Å². The van der Waals surface area contributed by atoms with Crippen molar-refractivity contribution in [2.24, 2.45) is 5.84 Å². The second-order valence-electron chi connectivity index (χ2n) is 3.25. The van der Waals surface area contributed by atoms with Gasteiger partial charge in [0.15, 0.2) is 5.69 Å². The molecule has 1 aromatic heterocycles. The third-order valence-electron chi connectivity index (χ3n) is 1.89. The van der Waals surface area contributed by atoms with Gasteiger partial charge in [0.25, 0.3) is 5.91 Å². The van der Waals surface area contributed by atoms with Crippen molar-refractivity contribution < 1.29 is 9.32 Å². The number of carbonyl (C=O) groups is 1. The van der Waals surface area contributed by atoms with Crippen LogP contribution < -0.4 is 16.8 Å². The van der Waals surface area contributed by atoms with Gasteiger partial charge < -0.3 is 4.52 Å². The van der Waals surface area contributed by atoms with Crippen molar-refractivity contribution in [3.63, 3.8) is 0 Å². The predicted octanol–water partition coefficient (Wildman–Crippen LogP) is 0.215. The summed E-state index contributed by atoms with van der Waals surface area (Å²) in [7, 11) is 0. The van der Waals surface area contributed by atoms with Gasteiger partial charge in [0.05, 0.1) is 0 Å². The van der Waals surface area contributed by atoms with Gasteiger partial charge in [0.2, 0.25) is 0 Å². The zero-order valence-corrected chi connectivity index (χ0v) is 8.42. The van der Waals surface area contributed by atoms with E-state index in [4.69, 9.17) is 10.4 Å². The molecule has 0 saturated heterocycles. The van der Waals surface area contributed by atoms with E-state index in [1.165, 1.54) is 0 Å². The van der Waals surface area contributed by atoms with Gasteiger partial charge in [-0.15, -0.1) is 0 Å². The van der Waals surface area contributed by atoms with Crippen molar-refractivity contribution in [3.05, 3.63) is 17.0 Å². The molecule has 0 bridgehead atoms. The zero-order chi connectivity index (χ0) is 10.7. The first-order chi connectivity index (χ1) is 6.57. The van der Waals surface area contributed by atoms with Crippen LogP contribution in [0.1, 0.15) is 41.6 Å². The van der Waals surface area contributed by atoms with Gasteiger partial charge in [0, 0.05) is 5.56 Å². The van der Waals surface area contributed by atoms with Crippen molar-refractivity contribution in [3.8, 4) is 0 Å². The highest BCUT2D eigenvalue weighted by atomic mass is 16.5. The molecule has 6 heteroatoms. The highest BCUT2D eigenvalue weighted by molar-refractivity contribution is 5.93. The normalized spacial score (nSPS) is 10.6. The molecule has 0 unspecified atom stereocenters. The molecule has 1 aromatic rings. The molecule has 6 nitrogen and oxygen atoms in total. The number of nitrogens with two attached hydrogens (primary N) is 1. The maximum absolute atomic E-state index is 11.4. The Labute approximate surface area is 81.8 Å². The summed E-state index contributed by atoms with van der Waals surface area (Å²) in [6.07, 6.45) is 0. The number of amides is 1. The molecule has 14 heavy (non-hydrogen) atoms. The largest absolute Gasteiger partial charge is 0.361 e. The summed E-state index contributed by atoms with van der Waals surface area (Å²) in [5.41, 5.74) is 5.37. The molecule has 0 aliphatic rings. The molecule has 0 fully saturated rings. The van der Waals surface area contributed by atoms with Crippen LogP contribution in [0.5, 0.6) is 0 Å². The van der Waals surface area contributed by atoms with E-state index in [0.29, 0.717) is 5.76 Å². The monoisotopic (exact) mass is 198 g/mol. The van der Waals surface area contributed by atoms with E-state index in [0.717, 1.165) is 5.56 Å². The van der Waals surface area contributed by atoms with Crippen LogP contribution in [0.4, 0.5) is 0 Å². The lowest BCUT2D eigenvalue weighted by Gasteiger charge is -2.05. The van der Waals surface area contributed by atoms with E-state index in [9.17, 15) is 4.79 Å². The molecule has 1 heterocycles. The highest BCUT2D eigenvalue weighted by Gasteiger charge is 2.21. The number of hydrogen-bond acceptors (Lipinski definition) is 5. The maximum Gasteiger partial charge on any atom is 0.288 e. The molecule has 4 N–H and O–H groups in total. The molecule has 0 aliphatic heterocycles. The quantitative estimate of drug-likeness (QED) is 0.477. The third kappa shape index (κ3) is 1.91. The second kappa shape index (κ2) is 4.21. The first-order valence-corrected chi connectivity index (χ1v) is 4.30. The lowest BCUT2D eigenvalue weighted by Crippen LogP contribution is -2.42. The first-order valence-electron chi connectivity index (χ1n) is 4.30. The number of rotatable bonds is 3. The highest BCUT2D eigenvalue weighted by Crippen LogP contribution is 2.22. The molecule has 0 saturated carbocycles. The summed E-state index contributed by atoms with van der Waals surface area (Å²) in [6.45, 7) is 5.70. The van der Waals surface area contributed by atoms with E-state index in [1.807, 2.05) is 13.8 Å². The lowest BCUT2D eigenvalue weighted by molar-refractivity contribution is 0.0923. The van der Waals surface area contributed by atoms with Gasteiger partial charge in [-0.05, 0) is 12.8 Å². The lowest BCUT2D eigenvalue weighted by atomic mass is 10.0.